The van der Waals surface area contributed by atoms with Crippen molar-refractivity contribution in [1.29, 1.82) is 0 Å². The zero-order valence-corrected chi connectivity index (χ0v) is 15.1. The zero-order valence-electron chi connectivity index (χ0n) is 14.3. The highest BCUT2D eigenvalue weighted by molar-refractivity contribution is 6.07. The number of nitrogens with one attached hydrogen (secondary N) is 3. The van der Waals surface area contributed by atoms with Gasteiger partial charge in [0.05, 0.1) is 0 Å². The number of hydrogen-bond donors (Lipinski definition) is 3. The van der Waals surface area contributed by atoms with E-state index in [1.54, 1.807) is 19.2 Å². The fourth-order valence-corrected chi connectivity index (χ4v) is 3.06. The number of carbonyl (C=O) groups is 2. The molecule has 0 spiro atoms. The summed E-state index contributed by atoms with van der Waals surface area (Å²) in [5.41, 5.74) is 4.75. The molecule has 0 unspecified atom stereocenters. The minimum atomic E-state index is -0.162. The third-order valence-corrected chi connectivity index (χ3v) is 4.39. The van der Waals surface area contributed by atoms with Crippen molar-refractivity contribution < 1.29 is 9.59 Å². The quantitative estimate of drug-likeness (QED) is 0.786. The Balaban J connectivity index is 0.00000225. The van der Waals surface area contributed by atoms with E-state index in [2.05, 4.69) is 16.0 Å². The van der Waals surface area contributed by atoms with E-state index in [4.69, 9.17) is 0 Å². The molecule has 0 saturated carbocycles. The first kappa shape index (κ1) is 18.8. The van der Waals surface area contributed by atoms with Crippen LogP contribution >= 0.6 is 12.4 Å². The Bertz CT molecular complexity index is 805. The lowest BCUT2D eigenvalue weighted by molar-refractivity contribution is 0.0960. The van der Waals surface area contributed by atoms with Crippen LogP contribution in [0.25, 0.3) is 0 Å². The van der Waals surface area contributed by atoms with Gasteiger partial charge in [-0.05, 0) is 55.2 Å². The summed E-state index contributed by atoms with van der Waals surface area (Å²) in [6.07, 6.45) is 1.91. The summed E-state index contributed by atoms with van der Waals surface area (Å²) in [4.78, 5) is 24.7. The maximum absolute atomic E-state index is 12.7. The van der Waals surface area contributed by atoms with E-state index >= 15 is 0 Å². The lowest BCUT2D eigenvalue weighted by atomic mass is 9.97. The lowest BCUT2D eigenvalue weighted by Crippen LogP contribution is -2.21. The van der Waals surface area contributed by atoms with Gasteiger partial charge in [0.25, 0.3) is 11.8 Å². The molecule has 2 aromatic rings. The topological polar surface area (TPSA) is 70.2 Å². The molecule has 2 aromatic carbocycles. The van der Waals surface area contributed by atoms with Crippen LogP contribution in [-0.2, 0) is 6.42 Å². The molecule has 0 radical (unpaired) electrons. The van der Waals surface area contributed by atoms with Crippen molar-refractivity contribution in [2.24, 2.45) is 0 Å². The van der Waals surface area contributed by atoms with Crippen LogP contribution in [0.4, 0.5) is 11.4 Å². The Morgan fingerprint density at radius 2 is 1.76 bits per heavy atom. The minimum absolute atomic E-state index is 0. The first-order valence-corrected chi connectivity index (χ1v) is 8.10. The number of amides is 2. The van der Waals surface area contributed by atoms with E-state index in [0.717, 1.165) is 36.2 Å². The molecule has 2 amide bonds. The van der Waals surface area contributed by atoms with Gasteiger partial charge in [-0.3, -0.25) is 9.59 Å². The molecule has 0 bridgehead atoms. The van der Waals surface area contributed by atoms with Crippen molar-refractivity contribution in [2.45, 2.75) is 19.8 Å². The van der Waals surface area contributed by atoms with E-state index in [9.17, 15) is 9.59 Å². The first-order chi connectivity index (χ1) is 11.6. The van der Waals surface area contributed by atoms with Crippen LogP contribution in [0.2, 0.25) is 0 Å². The largest absolute Gasteiger partial charge is 0.385 e. The number of rotatable bonds is 3. The molecule has 3 N–H and O–H groups in total. The smallest absolute Gasteiger partial charge is 0.256 e. The standard InChI is InChI=1S/C19H21N3O2.ClH/c1-12-13(18(23)20-2)6-3-9-16(12)22-19(24)15-7-4-10-17-14(15)8-5-11-21-17;/h3-4,6-7,9-10,21H,5,8,11H2,1-2H3,(H,20,23)(H,22,24);1H. The van der Waals surface area contributed by atoms with E-state index in [-0.39, 0.29) is 24.2 Å². The van der Waals surface area contributed by atoms with Gasteiger partial charge < -0.3 is 16.0 Å². The molecule has 3 rings (SSSR count). The molecule has 0 fully saturated rings. The Kier molecular flexibility index (Phi) is 6.04. The number of anilines is 2. The summed E-state index contributed by atoms with van der Waals surface area (Å²) in [5.74, 6) is -0.308. The SMILES string of the molecule is CNC(=O)c1cccc(NC(=O)c2cccc3c2CCCN3)c1C.Cl. The Morgan fingerprint density at radius 3 is 2.52 bits per heavy atom. The summed E-state index contributed by atoms with van der Waals surface area (Å²) in [7, 11) is 1.59. The van der Waals surface area contributed by atoms with Gasteiger partial charge in [-0.2, -0.15) is 0 Å². The average Bonchev–Trinajstić information content (AvgIpc) is 2.62. The van der Waals surface area contributed by atoms with Gasteiger partial charge in [0, 0.05) is 36.1 Å². The van der Waals surface area contributed by atoms with Gasteiger partial charge in [0.2, 0.25) is 0 Å². The summed E-state index contributed by atoms with van der Waals surface area (Å²) in [6.45, 7) is 2.77. The van der Waals surface area contributed by atoms with Crippen molar-refractivity contribution in [3.8, 4) is 0 Å². The maximum atomic E-state index is 12.7. The van der Waals surface area contributed by atoms with Gasteiger partial charge in [-0.1, -0.05) is 12.1 Å². The van der Waals surface area contributed by atoms with E-state index < -0.39 is 0 Å². The van der Waals surface area contributed by atoms with Crippen molar-refractivity contribution in [1.82, 2.24) is 5.32 Å². The fourth-order valence-electron chi connectivity index (χ4n) is 3.06. The van der Waals surface area contributed by atoms with Crippen LogP contribution in [0.15, 0.2) is 36.4 Å². The van der Waals surface area contributed by atoms with Crippen LogP contribution in [0, 0.1) is 6.92 Å². The molecule has 0 atom stereocenters. The highest BCUT2D eigenvalue weighted by atomic mass is 35.5. The molecule has 1 aliphatic heterocycles. The minimum Gasteiger partial charge on any atom is -0.385 e. The first-order valence-electron chi connectivity index (χ1n) is 8.10. The Morgan fingerprint density at radius 1 is 1.04 bits per heavy atom. The van der Waals surface area contributed by atoms with Gasteiger partial charge >= 0.3 is 0 Å². The van der Waals surface area contributed by atoms with Gasteiger partial charge in [-0.25, -0.2) is 0 Å². The van der Waals surface area contributed by atoms with Crippen molar-refractivity contribution >= 4 is 35.6 Å². The summed E-state index contributed by atoms with van der Waals surface area (Å²) in [6, 6.07) is 11.1. The zero-order chi connectivity index (χ0) is 17.1. The molecular formula is C19H22ClN3O2. The predicted octanol–water partition coefficient (Wildman–Crippen LogP) is 3.39. The van der Waals surface area contributed by atoms with Gasteiger partial charge in [0.1, 0.15) is 0 Å². The summed E-state index contributed by atoms with van der Waals surface area (Å²) < 4.78 is 0. The van der Waals surface area contributed by atoms with Gasteiger partial charge in [-0.15, -0.1) is 12.4 Å². The normalized spacial score (nSPS) is 12.2. The molecule has 6 heteroatoms. The predicted molar refractivity (Wildman–Crippen MR) is 103 cm³/mol. The van der Waals surface area contributed by atoms with Gasteiger partial charge in [0.15, 0.2) is 0 Å². The number of carbonyl (C=O) groups excluding carboxylic acids is 2. The van der Waals surface area contributed by atoms with Crippen molar-refractivity contribution in [3.63, 3.8) is 0 Å². The molecule has 0 aliphatic carbocycles. The number of hydrogen-bond acceptors (Lipinski definition) is 3. The maximum Gasteiger partial charge on any atom is 0.256 e. The van der Waals surface area contributed by atoms with Crippen molar-refractivity contribution in [2.75, 3.05) is 24.2 Å². The molecular weight excluding hydrogens is 338 g/mol. The average molecular weight is 360 g/mol. The van der Waals surface area contributed by atoms with Crippen LogP contribution in [-0.4, -0.2) is 25.4 Å². The van der Waals surface area contributed by atoms with Crippen molar-refractivity contribution in [3.05, 3.63) is 58.7 Å². The number of benzene rings is 2. The molecule has 1 aliphatic rings. The van der Waals surface area contributed by atoms with Crippen LogP contribution in [0.3, 0.4) is 0 Å². The second kappa shape index (κ2) is 8.03. The third-order valence-electron chi connectivity index (χ3n) is 4.39. The van der Waals surface area contributed by atoms with E-state index in [0.29, 0.717) is 16.8 Å². The molecule has 0 saturated heterocycles. The fraction of sp³-hybridized carbons (Fsp3) is 0.263. The highest BCUT2D eigenvalue weighted by Gasteiger charge is 2.18. The molecule has 1 heterocycles. The second-order valence-corrected chi connectivity index (χ2v) is 5.87. The number of fused-ring (bicyclic) bond motifs is 1. The van der Waals surface area contributed by atoms with Crippen LogP contribution in [0.1, 0.15) is 38.3 Å². The lowest BCUT2D eigenvalue weighted by Gasteiger charge is -2.21. The second-order valence-electron chi connectivity index (χ2n) is 5.87. The van der Waals surface area contributed by atoms with E-state index in [1.165, 1.54) is 0 Å². The molecule has 0 aromatic heterocycles. The molecule has 132 valence electrons. The van der Waals surface area contributed by atoms with E-state index in [1.807, 2.05) is 31.2 Å². The molecule has 5 nitrogen and oxygen atoms in total. The third kappa shape index (κ3) is 3.77. The highest BCUT2D eigenvalue weighted by Crippen LogP contribution is 2.27. The number of halogens is 1. The summed E-state index contributed by atoms with van der Waals surface area (Å²) >= 11 is 0. The molecule has 25 heavy (non-hydrogen) atoms. The Labute approximate surface area is 153 Å². The van der Waals surface area contributed by atoms with Crippen LogP contribution in [0.5, 0.6) is 0 Å². The Hall–Kier alpha value is -2.53. The monoisotopic (exact) mass is 359 g/mol. The summed E-state index contributed by atoms with van der Waals surface area (Å²) in [5, 5.41) is 8.90. The van der Waals surface area contributed by atoms with Crippen LogP contribution < -0.4 is 16.0 Å².